The highest BCUT2D eigenvalue weighted by atomic mass is 16.4. The van der Waals surface area contributed by atoms with Gasteiger partial charge in [0.25, 0.3) is 0 Å². The number of likely N-dealkylation sites (tertiary alicyclic amines) is 1. The van der Waals surface area contributed by atoms with Crippen molar-refractivity contribution in [3.8, 4) is 0 Å². The van der Waals surface area contributed by atoms with Crippen LogP contribution in [0.5, 0.6) is 0 Å². The molecule has 2 aromatic rings. The Balaban J connectivity index is 2.17. The second kappa shape index (κ2) is 5.16. The van der Waals surface area contributed by atoms with E-state index in [1.54, 1.807) is 24.3 Å². The van der Waals surface area contributed by atoms with Crippen LogP contribution in [0.25, 0.3) is 10.8 Å². The van der Waals surface area contributed by atoms with Gasteiger partial charge in [-0.3, -0.25) is 14.6 Å². The summed E-state index contributed by atoms with van der Waals surface area (Å²) in [4.78, 5) is 29.3. The molecule has 1 amide bonds. The average molecular weight is 284 g/mol. The molecule has 1 fully saturated rings. The van der Waals surface area contributed by atoms with E-state index in [0.29, 0.717) is 6.42 Å². The van der Waals surface area contributed by atoms with Crippen LogP contribution in [0, 0.1) is 5.92 Å². The Morgan fingerprint density at radius 1 is 1.33 bits per heavy atom. The van der Waals surface area contributed by atoms with Crippen LogP contribution in [0.4, 0.5) is 0 Å². The van der Waals surface area contributed by atoms with E-state index in [-0.39, 0.29) is 12.3 Å². The summed E-state index contributed by atoms with van der Waals surface area (Å²) < 4.78 is 0. The molecule has 1 aliphatic heterocycles. The number of piperidine rings is 1. The van der Waals surface area contributed by atoms with Gasteiger partial charge < -0.3 is 10.0 Å². The number of pyridine rings is 1. The summed E-state index contributed by atoms with van der Waals surface area (Å²) in [5.41, 5.74) is 0.802. The second-order valence-electron chi connectivity index (χ2n) is 5.38. The Hall–Kier alpha value is -2.43. The largest absolute Gasteiger partial charge is 0.481 e. The summed E-state index contributed by atoms with van der Waals surface area (Å²) in [6.07, 6.45) is 4.08. The Kier molecular flexibility index (Phi) is 3.33. The van der Waals surface area contributed by atoms with E-state index in [1.165, 1.54) is 0 Å². The van der Waals surface area contributed by atoms with E-state index < -0.39 is 17.9 Å². The van der Waals surface area contributed by atoms with Gasteiger partial charge in [-0.1, -0.05) is 24.3 Å². The van der Waals surface area contributed by atoms with Gasteiger partial charge in [0.05, 0.1) is 12.0 Å². The number of hydrogen-bond acceptors (Lipinski definition) is 3. The molecule has 5 nitrogen and oxygen atoms in total. The first-order valence-electron chi connectivity index (χ1n) is 6.90. The monoisotopic (exact) mass is 284 g/mol. The second-order valence-corrected chi connectivity index (χ2v) is 5.38. The number of carbonyl (C=O) groups is 2. The van der Waals surface area contributed by atoms with Crippen molar-refractivity contribution in [2.24, 2.45) is 5.92 Å². The summed E-state index contributed by atoms with van der Waals surface area (Å²) in [6.45, 7) is 0. The highest BCUT2D eigenvalue weighted by Crippen LogP contribution is 2.38. The first-order valence-corrected chi connectivity index (χ1v) is 6.90. The van der Waals surface area contributed by atoms with E-state index in [1.807, 2.05) is 24.3 Å². The van der Waals surface area contributed by atoms with E-state index in [9.17, 15) is 14.7 Å². The standard InChI is InChI=1S/C16H16N2O3/c1-18-14(19)7-6-12(16(20)21)15(18)13-9-17-8-10-4-2-3-5-11(10)13/h2-5,8-9,12,15H,6-7H2,1H3,(H,20,21). The number of nitrogens with zero attached hydrogens (tertiary/aromatic N) is 2. The van der Waals surface area contributed by atoms with E-state index in [4.69, 9.17) is 0 Å². The van der Waals surface area contributed by atoms with E-state index >= 15 is 0 Å². The summed E-state index contributed by atoms with van der Waals surface area (Å²) in [6, 6.07) is 7.23. The zero-order chi connectivity index (χ0) is 15.0. The van der Waals surface area contributed by atoms with Crippen molar-refractivity contribution in [2.45, 2.75) is 18.9 Å². The molecule has 2 atom stereocenters. The lowest BCUT2D eigenvalue weighted by Gasteiger charge is -2.37. The number of carbonyl (C=O) groups excluding carboxylic acids is 1. The van der Waals surface area contributed by atoms with Crippen molar-refractivity contribution in [1.29, 1.82) is 0 Å². The molecule has 1 aromatic heterocycles. The predicted octanol–water partition coefficient (Wildman–Crippen LogP) is 2.23. The van der Waals surface area contributed by atoms with E-state index in [0.717, 1.165) is 16.3 Å². The third-order valence-electron chi connectivity index (χ3n) is 4.20. The maximum absolute atomic E-state index is 12.0. The molecule has 0 radical (unpaired) electrons. The molecule has 1 aliphatic rings. The maximum Gasteiger partial charge on any atom is 0.308 e. The van der Waals surface area contributed by atoms with Crippen molar-refractivity contribution >= 4 is 22.6 Å². The smallest absolute Gasteiger partial charge is 0.308 e. The van der Waals surface area contributed by atoms with E-state index in [2.05, 4.69) is 4.98 Å². The number of amides is 1. The summed E-state index contributed by atoms with van der Waals surface area (Å²) in [5.74, 6) is -1.49. The number of carboxylic acids is 1. The highest BCUT2D eigenvalue weighted by Gasteiger charge is 2.39. The first-order chi connectivity index (χ1) is 10.1. The van der Waals surface area contributed by atoms with Gasteiger partial charge in [0.2, 0.25) is 5.91 Å². The van der Waals surface area contributed by atoms with Gasteiger partial charge in [-0.05, 0) is 11.8 Å². The van der Waals surface area contributed by atoms with Gasteiger partial charge in [-0.2, -0.15) is 0 Å². The van der Waals surface area contributed by atoms with Crippen molar-refractivity contribution in [2.75, 3.05) is 7.05 Å². The topological polar surface area (TPSA) is 70.5 Å². The lowest BCUT2D eigenvalue weighted by atomic mass is 9.83. The van der Waals surface area contributed by atoms with Crippen LogP contribution in [0.15, 0.2) is 36.7 Å². The zero-order valence-corrected chi connectivity index (χ0v) is 11.7. The minimum Gasteiger partial charge on any atom is -0.481 e. The number of aliphatic carboxylic acids is 1. The van der Waals surface area contributed by atoms with Gasteiger partial charge >= 0.3 is 5.97 Å². The first kappa shape index (κ1) is 13.5. The van der Waals surface area contributed by atoms with Crippen molar-refractivity contribution in [1.82, 2.24) is 9.88 Å². The lowest BCUT2D eigenvalue weighted by molar-refractivity contribution is -0.150. The lowest BCUT2D eigenvalue weighted by Crippen LogP contribution is -2.43. The van der Waals surface area contributed by atoms with Crippen LogP contribution in [0.3, 0.4) is 0 Å². The highest BCUT2D eigenvalue weighted by molar-refractivity contribution is 5.88. The summed E-state index contributed by atoms with van der Waals surface area (Å²) >= 11 is 0. The molecule has 21 heavy (non-hydrogen) atoms. The zero-order valence-electron chi connectivity index (χ0n) is 11.7. The molecule has 0 bridgehead atoms. The van der Waals surface area contributed by atoms with Gasteiger partial charge in [0, 0.05) is 36.8 Å². The number of carboxylic acid groups (broad SMARTS) is 1. The molecular weight excluding hydrogens is 268 g/mol. The molecule has 1 saturated heterocycles. The van der Waals surface area contributed by atoms with Crippen LogP contribution < -0.4 is 0 Å². The summed E-state index contributed by atoms with van der Waals surface area (Å²) in [7, 11) is 1.67. The molecule has 1 aromatic carbocycles. The normalized spacial score (nSPS) is 22.5. The summed E-state index contributed by atoms with van der Waals surface area (Å²) in [5, 5.41) is 11.4. The van der Waals surface area contributed by atoms with Gasteiger partial charge in [0.1, 0.15) is 0 Å². The average Bonchev–Trinajstić information content (AvgIpc) is 2.49. The number of benzene rings is 1. The third kappa shape index (κ3) is 2.24. The van der Waals surface area contributed by atoms with Gasteiger partial charge in [0.15, 0.2) is 0 Å². The minimum absolute atomic E-state index is 0.0227. The number of rotatable bonds is 2. The molecular formula is C16H16N2O3. The van der Waals surface area contributed by atoms with Crippen LogP contribution >= 0.6 is 0 Å². The maximum atomic E-state index is 12.0. The van der Waals surface area contributed by atoms with Gasteiger partial charge in [-0.15, -0.1) is 0 Å². The fourth-order valence-electron chi connectivity index (χ4n) is 3.10. The predicted molar refractivity (Wildman–Crippen MR) is 77.6 cm³/mol. The quantitative estimate of drug-likeness (QED) is 0.918. The third-order valence-corrected chi connectivity index (χ3v) is 4.20. The Morgan fingerprint density at radius 3 is 2.86 bits per heavy atom. The molecule has 1 N–H and O–H groups in total. The SMILES string of the molecule is CN1C(=O)CCC(C(=O)O)C1c1cncc2ccccc12. The Bertz CT molecular complexity index is 708. The molecule has 0 saturated carbocycles. The molecule has 108 valence electrons. The molecule has 0 spiro atoms. The van der Waals surface area contributed by atoms with Crippen molar-refractivity contribution in [3.63, 3.8) is 0 Å². The number of hydrogen-bond donors (Lipinski definition) is 1. The Labute approximate surface area is 122 Å². The molecule has 3 rings (SSSR count). The van der Waals surface area contributed by atoms with Crippen LogP contribution in [0.2, 0.25) is 0 Å². The van der Waals surface area contributed by atoms with Crippen molar-refractivity contribution in [3.05, 3.63) is 42.2 Å². The fraction of sp³-hybridized carbons (Fsp3) is 0.312. The molecule has 2 heterocycles. The number of aromatic nitrogens is 1. The fourth-order valence-corrected chi connectivity index (χ4v) is 3.10. The van der Waals surface area contributed by atoms with Crippen LogP contribution in [-0.4, -0.2) is 33.9 Å². The minimum atomic E-state index is -0.868. The van der Waals surface area contributed by atoms with Crippen molar-refractivity contribution < 1.29 is 14.7 Å². The van der Waals surface area contributed by atoms with Crippen LogP contribution in [0.1, 0.15) is 24.4 Å². The number of fused-ring (bicyclic) bond motifs is 1. The Morgan fingerprint density at radius 2 is 2.10 bits per heavy atom. The molecule has 0 aliphatic carbocycles. The van der Waals surface area contributed by atoms with Gasteiger partial charge in [-0.25, -0.2) is 0 Å². The molecule has 5 heteroatoms. The van der Waals surface area contributed by atoms with Crippen LogP contribution in [-0.2, 0) is 9.59 Å². The molecule has 2 unspecified atom stereocenters.